The molecule has 0 saturated carbocycles. The minimum absolute atomic E-state index is 0.179. The van der Waals surface area contributed by atoms with Gasteiger partial charge in [-0.15, -0.1) is 0 Å². The first kappa shape index (κ1) is 13.8. The highest BCUT2D eigenvalue weighted by Gasteiger charge is 2.13. The van der Waals surface area contributed by atoms with E-state index in [0.29, 0.717) is 16.3 Å². The molecule has 0 saturated heterocycles. The van der Waals surface area contributed by atoms with Crippen molar-refractivity contribution in [3.05, 3.63) is 57.9 Å². The van der Waals surface area contributed by atoms with Crippen molar-refractivity contribution in [1.29, 1.82) is 0 Å². The Hall–Kier alpha value is -1.58. The highest BCUT2D eigenvalue weighted by molar-refractivity contribution is 6.30. The van der Waals surface area contributed by atoms with Gasteiger partial charge in [-0.3, -0.25) is 0 Å². The van der Waals surface area contributed by atoms with Crippen LogP contribution in [0.4, 0.5) is 4.39 Å². The fraction of sp³-hybridized carbons (Fsp3) is 0.200. The first-order valence-corrected chi connectivity index (χ1v) is 6.32. The Morgan fingerprint density at radius 2 is 1.79 bits per heavy atom. The predicted octanol–water partition coefficient (Wildman–Crippen LogP) is 4.35. The van der Waals surface area contributed by atoms with Gasteiger partial charge in [-0.05, 0) is 43.2 Å². The summed E-state index contributed by atoms with van der Waals surface area (Å²) in [4.78, 5) is 0. The van der Waals surface area contributed by atoms with Crippen molar-refractivity contribution in [2.45, 2.75) is 20.4 Å². The van der Waals surface area contributed by atoms with Crippen LogP contribution < -0.4 is 10.5 Å². The molecule has 0 bridgehead atoms. The molecule has 100 valence electrons. The number of rotatable bonds is 3. The molecule has 0 radical (unpaired) electrons. The maximum absolute atomic E-state index is 13.9. The van der Waals surface area contributed by atoms with Crippen LogP contribution >= 0.6 is 11.6 Å². The smallest absolute Gasteiger partial charge is 0.167 e. The SMILES string of the molecule is Cc1cc(Cl)cc(C)c1Oc1c(F)cccc1CN. The molecule has 0 aromatic heterocycles. The van der Waals surface area contributed by atoms with E-state index in [-0.39, 0.29) is 12.3 Å². The first-order valence-electron chi connectivity index (χ1n) is 5.95. The van der Waals surface area contributed by atoms with Gasteiger partial charge in [-0.2, -0.15) is 0 Å². The number of nitrogens with two attached hydrogens (primary N) is 1. The molecule has 2 aromatic carbocycles. The molecule has 0 atom stereocenters. The Balaban J connectivity index is 2.48. The van der Waals surface area contributed by atoms with Crippen LogP contribution in [-0.2, 0) is 6.54 Å². The van der Waals surface area contributed by atoms with Gasteiger partial charge in [0, 0.05) is 17.1 Å². The van der Waals surface area contributed by atoms with Crippen LogP contribution in [0.3, 0.4) is 0 Å². The van der Waals surface area contributed by atoms with E-state index in [2.05, 4.69) is 0 Å². The van der Waals surface area contributed by atoms with E-state index in [9.17, 15) is 4.39 Å². The Kier molecular flexibility index (Phi) is 4.08. The topological polar surface area (TPSA) is 35.2 Å². The Labute approximate surface area is 117 Å². The van der Waals surface area contributed by atoms with E-state index >= 15 is 0 Å². The molecule has 0 heterocycles. The molecule has 2 nitrogen and oxygen atoms in total. The summed E-state index contributed by atoms with van der Waals surface area (Å²) in [5.41, 5.74) is 7.95. The quantitative estimate of drug-likeness (QED) is 0.907. The van der Waals surface area contributed by atoms with Gasteiger partial charge in [0.1, 0.15) is 5.75 Å². The van der Waals surface area contributed by atoms with Crippen molar-refractivity contribution in [1.82, 2.24) is 0 Å². The number of benzene rings is 2. The van der Waals surface area contributed by atoms with Crippen molar-refractivity contribution in [3.8, 4) is 11.5 Å². The van der Waals surface area contributed by atoms with Gasteiger partial charge in [0.15, 0.2) is 11.6 Å². The van der Waals surface area contributed by atoms with Crippen LogP contribution in [0.1, 0.15) is 16.7 Å². The third-order valence-electron chi connectivity index (χ3n) is 2.90. The van der Waals surface area contributed by atoms with E-state index < -0.39 is 5.82 Å². The molecule has 0 aliphatic rings. The summed E-state index contributed by atoms with van der Waals surface area (Å²) >= 11 is 5.97. The average Bonchev–Trinajstić information content (AvgIpc) is 2.34. The number of ether oxygens (including phenoxy) is 1. The maximum atomic E-state index is 13.9. The van der Waals surface area contributed by atoms with Crippen molar-refractivity contribution >= 4 is 11.6 Å². The monoisotopic (exact) mass is 279 g/mol. The standard InChI is InChI=1S/C15H15ClFNO/c1-9-6-12(16)7-10(2)14(9)19-15-11(8-18)4-3-5-13(15)17/h3-7H,8,18H2,1-2H3. The summed E-state index contributed by atoms with van der Waals surface area (Å²) < 4.78 is 19.6. The molecule has 4 heteroatoms. The lowest BCUT2D eigenvalue weighted by Gasteiger charge is -2.15. The third kappa shape index (κ3) is 2.88. The number of hydrogen-bond donors (Lipinski definition) is 1. The summed E-state index contributed by atoms with van der Waals surface area (Å²) in [6, 6.07) is 8.29. The lowest BCUT2D eigenvalue weighted by molar-refractivity contribution is 0.431. The normalized spacial score (nSPS) is 10.6. The fourth-order valence-electron chi connectivity index (χ4n) is 1.99. The van der Waals surface area contributed by atoms with Gasteiger partial charge in [-0.25, -0.2) is 4.39 Å². The van der Waals surface area contributed by atoms with Crippen molar-refractivity contribution < 1.29 is 9.13 Å². The first-order chi connectivity index (χ1) is 9.02. The molecule has 0 unspecified atom stereocenters. The minimum Gasteiger partial charge on any atom is -0.453 e. The van der Waals surface area contributed by atoms with Crippen molar-refractivity contribution in [2.75, 3.05) is 0 Å². The van der Waals surface area contributed by atoms with E-state index in [4.69, 9.17) is 22.1 Å². The molecule has 2 rings (SSSR count). The lowest BCUT2D eigenvalue weighted by Crippen LogP contribution is -2.02. The molecule has 0 aliphatic heterocycles. The van der Waals surface area contributed by atoms with Crippen LogP contribution in [0.2, 0.25) is 5.02 Å². The summed E-state index contributed by atoms with van der Waals surface area (Å²) in [6.07, 6.45) is 0. The molecular weight excluding hydrogens is 265 g/mol. The van der Waals surface area contributed by atoms with Crippen molar-refractivity contribution in [3.63, 3.8) is 0 Å². The molecule has 0 fully saturated rings. The van der Waals surface area contributed by atoms with Crippen LogP contribution in [0.15, 0.2) is 30.3 Å². The van der Waals surface area contributed by atoms with Gasteiger partial charge in [0.2, 0.25) is 0 Å². The second-order valence-corrected chi connectivity index (χ2v) is 4.84. The average molecular weight is 280 g/mol. The van der Waals surface area contributed by atoms with E-state index in [1.165, 1.54) is 6.07 Å². The van der Waals surface area contributed by atoms with Crippen LogP contribution in [0.5, 0.6) is 11.5 Å². The summed E-state index contributed by atoms with van der Waals surface area (Å²) in [6.45, 7) is 3.97. The molecule has 19 heavy (non-hydrogen) atoms. The van der Waals surface area contributed by atoms with Crippen molar-refractivity contribution in [2.24, 2.45) is 5.73 Å². The second kappa shape index (κ2) is 5.59. The lowest BCUT2D eigenvalue weighted by atomic mass is 10.1. The molecule has 0 spiro atoms. The van der Waals surface area contributed by atoms with Gasteiger partial charge < -0.3 is 10.5 Å². The Bertz CT molecular complexity index is 590. The number of halogens is 2. The molecule has 0 amide bonds. The zero-order valence-corrected chi connectivity index (χ0v) is 11.6. The number of hydrogen-bond acceptors (Lipinski definition) is 2. The minimum atomic E-state index is -0.420. The zero-order chi connectivity index (χ0) is 14.0. The highest BCUT2D eigenvalue weighted by Crippen LogP contribution is 2.34. The van der Waals surface area contributed by atoms with Gasteiger partial charge >= 0.3 is 0 Å². The highest BCUT2D eigenvalue weighted by atomic mass is 35.5. The third-order valence-corrected chi connectivity index (χ3v) is 3.12. The Morgan fingerprint density at radius 3 is 2.37 bits per heavy atom. The van der Waals surface area contributed by atoms with Gasteiger partial charge in [-0.1, -0.05) is 23.7 Å². The van der Waals surface area contributed by atoms with E-state index in [0.717, 1.165) is 11.1 Å². The van der Waals surface area contributed by atoms with Gasteiger partial charge in [0.05, 0.1) is 0 Å². The fourth-order valence-corrected chi connectivity index (χ4v) is 2.32. The molecule has 2 aromatic rings. The molecule has 2 N–H and O–H groups in total. The van der Waals surface area contributed by atoms with Crippen LogP contribution in [0, 0.1) is 19.7 Å². The number of aryl methyl sites for hydroxylation is 2. The van der Waals surface area contributed by atoms with Crippen LogP contribution in [0.25, 0.3) is 0 Å². The summed E-state index contributed by atoms with van der Waals surface area (Å²) in [5, 5.41) is 0.634. The number of para-hydroxylation sites is 1. The molecule has 0 aliphatic carbocycles. The second-order valence-electron chi connectivity index (χ2n) is 4.40. The molecular formula is C15H15ClFNO. The zero-order valence-electron chi connectivity index (χ0n) is 10.8. The largest absolute Gasteiger partial charge is 0.453 e. The van der Waals surface area contributed by atoms with Crippen LogP contribution in [-0.4, -0.2) is 0 Å². The predicted molar refractivity (Wildman–Crippen MR) is 75.3 cm³/mol. The maximum Gasteiger partial charge on any atom is 0.167 e. The van der Waals surface area contributed by atoms with Gasteiger partial charge in [0.25, 0.3) is 0 Å². The van der Waals surface area contributed by atoms with E-state index in [1.807, 2.05) is 13.8 Å². The summed E-state index contributed by atoms with van der Waals surface area (Å²) in [7, 11) is 0. The van der Waals surface area contributed by atoms with E-state index in [1.54, 1.807) is 24.3 Å². The Morgan fingerprint density at radius 1 is 1.16 bits per heavy atom. The summed E-state index contributed by atoms with van der Waals surface area (Å²) in [5.74, 6) is 0.374.